The minimum absolute atomic E-state index is 0.247. The summed E-state index contributed by atoms with van der Waals surface area (Å²) in [5.41, 5.74) is 1.83. The topological polar surface area (TPSA) is 77.3 Å². The molecule has 2 saturated heterocycles. The maximum Gasteiger partial charge on any atom is 0.144 e. The summed E-state index contributed by atoms with van der Waals surface area (Å²) >= 11 is 0. The first-order chi connectivity index (χ1) is 10.00. The van der Waals surface area contributed by atoms with Crippen molar-refractivity contribution in [1.82, 2.24) is 0 Å². The molecular formula is C14H26N2O4S2. The lowest BCUT2D eigenvalue weighted by molar-refractivity contribution is 0.160. The van der Waals surface area contributed by atoms with Crippen LogP contribution in [0.3, 0.4) is 0 Å². The van der Waals surface area contributed by atoms with Crippen LogP contribution in [0, 0.1) is 0 Å². The Balaban J connectivity index is 0.000000220. The Kier molecular flexibility index (Phi) is 7.04. The van der Waals surface area contributed by atoms with Crippen LogP contribution < -0.4 is 0 Å². The summed E-state index contributed by atoms with van der Waals surface area (Å²) in [4.78, 5) is 0. The van der Waals surface area contributed by atoms with E-state index in [9.17, 15) is 8.42 Å². The predicted octanol–water partition coefficient (Wildman–Crippen LogP) is 1.84. The van der Waals surface area contributed by atoms with Crippen LogP contribution in [-0.2, 0) is 31.4 Å². The Hall–Kier alpha value is -0.440. The second-order valence-electron chi connectivity index (χ2n) is 7.02. The Labute approximate surface area is 138 Å². The molecule has 2 aliphatic heterocycles. The van der Waals surface area contributed by atoms with E-state index in [4.69, 9.17) is 9.47 Å². The highest BCUT2D eigenvalue weighted by Crippen LogP contribution is 2.14. The molecule has 0 aromatic heterocycles. The van der Waals surface area contributed by atoms with E-state index in [1.807, 2.05) is 41.5 Å². The third-order valence-electron chi connectivity index (χ3n) is 2.55. The summed E-state index contributed by atoms with van der Waals surface area (Å²) in [5.74, 6) is 0. The van der Waals surface area contributed by atoms with Gasteiger partial charge in [0.1, 0.15) is 22.0 Å². The van der Waals surface area contributed by atoms with E-state index in [0.717, 1.165) is 11.4 Å². The van der Waals surface area contributed by atoms with Crippen LogP contribution in [0.25, 0.3) is 0 Å². The quantitative estimate of drug-likeness (QED) is 0.761. The Morgan fingerprint density at radius 1 is 0.727 bits per heavy atom. The van der Waals surface area contributed by atoms with E-state index in [0.29, 0.717) is 26.4 Å². The molecule has 2 atom stereocenters. The van der Waals surface area contributed by atoms with Crippen LogP contribution in [0.2, 0.25) is 0 Å². The van der Waals surface area contributed by atoms with Crippen LogP contribution in [0.15, 0.2) is 8.80 Å². The van der Waals surface area contributed by atoms with Crippen LogP contribution >= 0.6 is 0 Å². The molecule has 0 aromatic carbocycles. The van der Waals surface area contributed by atoms with Crippen LogP contribution in [0.5, 0.6) is 0 Å². The molecule has 0 N–H and O–H groups in total. The highest BCUT2D eigenvalue weighted by molar-refractivity contribution is 7.85. The highest BCUT2D eigenvalue weighted by atomic mass is 32.2. The van der Waals surface area contributed by atoms with Gasteiger partial charge in [-0.2, -0.15) is 8.80 Å². The molecule has 0 radical (unpaired) electrons. The summed E-state index contributed by atoms with van der Waals surface area (Å²) in [7, 11) is -2.22. The van der Waals surface area contributed by atoms with Gasteiger partial charge in [-0.05, 0) is 41.5 Å². The number of hydrogen-bond acceptors (Lipinski definition) is 4. The first-order valence-electron chi connectivity index (χ1n) is 7.12. The number of rotatable bonds is 2. The van der Waals surface area contributed by atoms with Crippen molar-refractivity contribution in [3.63, 3.8) is 0 Å². The maximum absolute atomic E-state index is 11.3. The molecule has 0 amide bonds. The molecule has 2 rings (SSSR count). The monoisotopic (exact) mass is 350 g/mol. The second-order valence-corrected chi connectivity index (χ2v) is 10.8. The van der Waals surface area contributed by atoms with Crippen LogP contribution in [0.1, 0.15) is 41.5 Å². The largest absolute Gasteiger partial charge is 0.369 e. The minimum Gasteiger partial charge on any atom is -0.369 e. The van der Waals surface area contributed by atoms with Gasteiger partial charge in [0, 0.05) is 0 Å². The SMILES string of the molecule is CC(C)(C)S(=O)N=C1COC1.CC(C)(C)S(=O)N=C1COC1. The summed E-state index contributed by atoms with van der Waals surface area (Å²) in [6.07, 6.45) is 0. The zero-order chi connectivity index (χ0) is 17.0. The smallest absolute Gasteiger partial charge is 0.144 e. The molecule has 0 bridgehead atoms. The molecule has 2 aliphatic rings. The number of ether oxygens (including phenoxy) is 2. The minimum atomic E-state index is -1.11. The Morgan fingerprint density at radius 3 is 1.14 bits per heavy atom. The fraction of sp³-hybridized carbons (Fsp3) is 0.857. The molecule has 0 aliphatic carbocycles. The van der Waals surface area contributed by atoms with E-state index < -0.39 is 22.0 Å². The fourth-order valence-electron chi connectivity index (χ4n) is 1.00. The zero-order valence-corrected chi connectivity index (χ0v) is 15.8. The lowest BCUT2D eigenvalue weighted by Gasteiger charge is -2.19. The molecular weight excluding hydrogens is 324 g/mol. The molecule has 0 saturated carbocycles. The average Bonchev–Trinajstić information content (AvgIpc) is 2.26. The molecule has 2 unspecified atom stereocenters. The van der Waals surface area contributed by atoms with Crippen molar-refractivity contribution in [3.8, 4) is 0 Å². The van der Waals surface area contributed by atoms with Crippen LogP contribution in [0.4, 0.5) is 0 Å². The van der Waals surface area contributed by atoms with Gasteiger partial charge in [0.15, 0.2) is 0 Å². The van der Waals surface area contributed by atoms with Gasteiger partial charge in [-0.15, -0.1) is 0 Å². The van der Waals surface area contributed by atoms with Crippen molar-refractivity contribution in [2.75, 3.05) is 26.4 Å². The molecule has 2 heterocycles. The third-order valence-corrected chi connectivity index (χ3v) is 5.49. The van der Waals surface area contributed by atoms with Gasteiger partial charge in [-0.3, -0.25) is 0 Å². The van der Waals surface area contributed by atoms with Crippen molar-refractivity contribution in [2.45, 2.75) is 51.0 Å². The average molecular weight is 351 g/mol. The summed E-state index contributed by atoms with van der Waals surface area (Å²) in [5, 5.41) is 0. The third kappa shape index (κ3) is 6.76. The molecule has 22 heavy (non-hydrogen) atoms. The highest BCUT2D eigenvalue weighted by Gasteiger charge is 2.22. The van der Waals surface area contributed by atoms with Gasteiger partial charge in [0.2, 0.25) is 0 Å². The summed E-state index contributed by atoms with van der Waals surface area (Å²) in [6, 6.07) is 0. The normalized spacial score (nSPS) is 20.8. The van der Waals surface area contributed by atoms with Gasteiger partial charge in [-0.25, -0.2) is 8.42 Å². The van der Waals surface area contributed by atoms with Gasteiger partial charge in [0.25, 0.3) is 0 Å². The molecule has 128 valence electrons. The van der Waals surface area contributed by atoms with Gasteiger partial charge >= 0.3 is 0 Å². The second kappa shape index (κ2) is 7.90. The van der Waals surface area contributed by atoms with E-state index >= 15 is 0 Å². The lowest BCUT2D eigenvalue weighted by atomic mass is 10.3. The van der Waals surface area contributed by atoms with E-state index in [-0.39, 0.29) is 9.49 Å². The van der Waals surface area contributed by atoms with Gasteiger partial charge in [-0.1, -0.05) is 0 Å². The standard InChI is InChI=1S/2C7H13NO2S/c2*1-7(2,3)11(9)8-6-4-10-5-6/h2*4-5H2,1-3H3. The van der Waals surface area contributed by atoms with E-state index in [1.54, 1.807) is 0 Å². The van der Waals surface area contributed by atoms with Crippen molar-refractivity contribution < 1.29 is 17.9 Å². The Bertz CT molecular complexity index is 444. The molecule has 8 heteroatoms. The first kappa shape index (κ1) is 19.6. The summed E-state index contributed by atoms with van der Waals surface area (Å²) in [6.45, 7) is 13.7. The Morgan fingerprint density at radius 2 is 1.00 bits per heavy atom. The molecule has 0 spiro atoms. The number of nitrogens with zero attached hydrogens (tertiary/aromatic N) is 2. The molecule has 2 fully saturated rings. The van der Waals surface area contributed by atoms with Gasteiger partial charge < -0.3 is 9.47 Å². The van der Waals surface area contributed by atoms with E-state index in [2.05, 4.69) is 8.80 Å². The lowest BCUT2D eigenvalue weighted by Crippen LogP contribution is -2.30. The molecule has 0 aromatic rings. The van der Waals surface area contributed by atoms with E-state index in [1.165, 1.54) is 0 Å². The van der Waals surface area contributed by atoms with Crippen molar-refractivity contribution >= 4 is 33.4 Å². The zero-order valence-electron chi connectivity index (χ0n) is 14.2. The van der Waals surface area contributed by atoms with Crippen molar-refractivity contribution in [3.05, 3.63) is 0 Å². The fourth-order valence-corrected chi connectivity index (χ4v) is 2.23. The number of hydrogen-bond donors (Lipinski definition) is 0. The maximum atomic E-state index is 11.3. The molecule has 6 nitrogen and oxygen atoms in total. The van der Waals surface area contributed by atoms with Gasteiger partial charge in [0.05, 0.1) is 47.3 Å². The predicted molar refractivity (Wildman–Crippen MR) is 92.3 cm³/mol. The summed E-state index contributed by atoms with van der Waals surface area (Å²) < 4.78 is 40.0. The van der Waals surface area contributed by atoms with Crippen LogP contribution in [-0.4, -0.2) is 55.8 Å². The van der Waals surface area contributed by atoms with Crippen molar-refractivity contribution in [1.29, 1.82) is 0 Å². The first-order valence-corrected chi connectivity index (χ1v) is 9.34. The van der Waals surface area contributed by atoms with Crippen molar-refractivity contribution in [2.24, 2.45) is 8.80 Å².